The zero-order chi connectivity index (χ0) is 14.4. The summed E-state index contributed by atoms with van der Waals surface area (Å²) in [6, 6.07) is 6.26. The van der Waals surface area contributed by atoms with Crippen LogP contribution in [0.1, 0.15) is 39.5 Å². The van der Waals surface area contributed by atoms with E-state index in [2.05, 4.69) is 29.2 Å². The number of anilines is 1. The third-order valence-electron chi connectivity index (χ3n) is 3.26. The van der Waals surface area contributed by atoms with Crippen LogP contribution in [-0.4, -0.2) is 20.8 Å². The molecule has 2 aromatic rings. The first-order valence-corrected chi connectivity index (χ1v) is 7.53. The number of nitrogens with zero attached hydrogens (tertiary/aromatic N) is 3. The summed E-state index contributed by atoms with van der Waals surface area (Å²) in [6.45, 7) is 4.42. The summed E-state index contributed by atoms with van der Waals surface area (Å²) in [5, 5.41) is 8.53. The van der Waals surface area contributed by atoms with Crippen molar-refractivity contribution in [3.8, 4) is 5.69 Å². The van der Waals surface area contributed by atoms with Gasteiger partial charge in [-0.05, 0) is 31.0 Å². The van der Waals surface area contributed by atoms with Crippen molar-refractivity contribution in [1.29, 1.82) is 0 Å². The van der Waals surface area contributed by atoms with Crippen LogP contribution in [0.25, 0.3) is 5.69 Å². The Morgan fingerprint density at radius 3 is 2.60 bits per heavy atom. The maximum absolute atomic E-state index is 6.13. The van der Waals surface area contributed by atoms with Crippen LogP contribution in [0, 0.1) is 0 Å². The Morgan fingerprint density at radius 2 is 2.00 bits per heavy atom. The molecule has 0 amide bonds. The number of halogens is 1. The molecule has 0 fully saturated rings. The molecule has 0 spiro atoms. The lowest BCUT2D eigenvalue weighted by Crippen LogP contribution is -2.20. The monoisotopic (exact) mass is 292 g/mol. The van der Waals surface area contributed by atoms with Crippen LogP contribution in [0.2, 0.25) is 5.02 Å². The molecule has 0 atom stereocenters. The summed E-state index contributed by atoms with van der Waals surface area (Å²) < 4.78 is 1.76. The summed E-state index contributed by atoms with van der Waals surface area (Å²) in [5.74, 6) is 0. The van der Waals surface area contributed by atoms with E-state index in [0.29, 0.717) is 6.04 Å². The Labute approximate surface area is 125 Å². The quantitative estimate of drug-likeness (QED) is 0.827. The van der Waals surface area contributed by atoms with Gasteiger partial charge in [0, 0.05) is 11.1 Å². The summed E-state index contributed by atoms with van der Waals surface area (Å²) in [4.78, 5) is 4.00. The number of hydrogen-bond donors (Lipinski definition) is 1. The highest BCUT2D eigenvalue weighted by Gasteiger charge is 2.11. The molecule has 0 saturated heterocycles. The zero-order valence-electron chi connectivity index (χ0n) is 12.0. The van der Waals surface area contributed by atoms with Gasteiger partial charge in [-0.3, -0.25) is 0 Å². The van der Waals surface area contributed by atoms with Gasteiger partial charge in [0.1, 0.15) is 12.7 Å². The molecule has 0 radical (unpaired) electrons. The van der Waals surface area contributed by atoms with Crippen molar-refractivity contribution < 1.29 is 0 Å². The molecule has 4 nitrogen and oxygen atoms in total. The van der Waals surface area contributed by atoms with Crippen molar-refractivity contribution in [1.82, 2.24) is 14.8 Å². The van der Waals surface area contributed by atoms with Crippen LogP contribution < -0.4 is 5.32 Å². The maximum atomic E-state index is 6.13. The molecule has 2 rings (SSSR count). The van der Waals surface area contributed by atoms with Crippen molar-refractivity contribution >= 4 is 17.3 Å². The largest absolute Gasteiger partial charge is 0.381 e. The average Bonchev–Trinajstić information content (AvgIpc) is 2.93. The Balaban J connectivity index is 2.27. The Hall–Kier alpha value is -1.55. The van der Waals surface area contributed by atoms with Gasteiger partial charge in [0.05, 0.1) is 11.4 Å². The summed E-state index contributed by atoms with van der Waals surface area (Å²) in [5.41, 5.74) is 1.99. The highest BCUT2D eigenvalue weighted by atomic mass is 35.5. The predicted octanol–water partition coefficient (Wildman–Crippen LogP) is 4.30. The number of aromatic nitrogens is 3. The van der Waals surface area contributed by atoms with Gasteiger partial charge in [-0.15, -0.1) is 0 Å². The normalized spacial score (nSPS) is 11.0. The second-order valence-electron chi connectivity index (χ2n) is 4.92. The van der Waals surface area contributed by atoms with Crippen LogP contribution in [0.3, 0.4) is 0 Å². The van der Waals surface area contributed by atoms with E-state index in [0.717, 1.165) is 42.1 Å². The molecule has 0 saturated carbocycles. The Morgan fingerprint density at radius 1 is 1.25 bits per heavy atom. The van der Waals surface area contributed by atoms with Crippen molar-refractivity contribution in [2.45, 2.75) is 45.6 Å². The summed E-state index contributed by atoms with van der Waals surface area (Å²) in [7, 11) is 0. The SMILES string of the molecule is CCCC(CCC)Nc1cc(Cl)ccc1-n1cncn1. The van der Waals surface area contributed by atoms with E-state index >= 15 is 0 Å². The molecule has 108 valence electrons. The molecule has 20 heavy (non-hydrogen) atoms. The minimum Gasteiger partial charge on any atom is -0.381 e. The van der Waals surface area contributed by atoms with Crippen molar-refractivity contribution in [3.63, 3.8) is 0 Å². The fraction of sp³-hybridized carbons (Fsp3) is 0.467. The van der Waals surface area contributed by atoms with Crippen LogP contribution in [0.15, 0.2) is 30.9 Å². The summed E-state index contributed by atoms with van der Waals surface area (Å²) in [6.07, 6.45) is 7.86. The fourth-order valence-corrected chi connectivity index (χ4v) is 2.53. The van der Waals surface area contributed by atoms with E-state index < -0.39 is 0 Å². The van der Waals surface area contributed by atoms with Crippen molar-refractivity contribution in [2.75, 3.05) is 5.32 Å². The molecule has 0 aliphatic carbocycles. The zero-order valence-corrected chi connectivity index (χ0v) is 12.8. The average molecular weight is 293 g/mol. The van der Waals surface area contributed by atoms with Gasteiger partial charge in [-0.2, -0.15) is 5.10 Å². The lowest BCUT2D eigenvalue weighted by Gasteiger charge is -2.21. The van der Waals surface area contributed by atoms with E-state index in [-0.39, 0.29) is 0 Å². The highest BCUT2D eigenvalue weighted by Crippen LogP contribution is 2.26. The van der Waals surface area contributed by atoms with Gasteiger partial charge in [0.15, 0.2) is 0 Å². The minimum absolute atomic E-state index is 0.464. The number of hydrogen-bond acceptors (Lipinski definition) is 3. The first-order valence-electron chi connectivity index (χ1n) is 7.15. The van der Waals surface area contributed by atoms with Crippen LogP contribution in [-0.2, 0) is 0 Å². The maximum Gasteiger partial charge on any atom is 0.138 e. The first kappa shape index (κ1) is 14.9. The van der Waals surface area contributed by atoms with E-state index in [9.17, 15) is 0 Å². The lowest BCUT2D eigenvalue weighted by molar-refractivity contribution is 0.586. The number of benzene rings is 1. The molecule has 0 aliphatic heterocycles. The molecule has 5 heteroatoms. The molecular weight excluding hydrogens is 272 g/mol. The number of rotatable bonds is 7. The third kappa shape index (κ3) is 3.73. The van der Waals surface area contributed by atoms with E-state index in [1.807, 2.05) is 18.2 Å². The van der Waals surface area contributed by atoms with E-state index in [4.69, 9.17) is 11.6 Å². The van der Waals surface area contributed by atoms with Gasteiger partial charge < -0.3 is 5.32 Å². The topological polar surface area (TPSA) is 42.7 Å². The molecule has 1 N–H and O–H groups in total. The Kier molecular flexibility index (Phi) is 5.41. The van der Waals surface area contributed by atoms with Crippen LogP contribution in [0.4, 0.5) is 5.69 Å². The van der Waals surface area contributed by atoms with Crippen molar-refractivity contribution in [3.05, 3.63) is 35.9 Å². The smallest absolute Gasteiger partial charge is 0.138 e. The van der Waals surface area contributed by atoms with Gasteiger partial charge in [-0.25, -0.2) is 9.67 Å². The van der Waals surface area contributed by atoms with E-state index in [1.165, 1.54) is 6.33 Å². The highest BCUT2D eigenvalue weighted by molar-refractivity contribution is 6.31. The first-order chi connectivity index (χ1) is 9.74. The molecule has 1 aromatic heterocycles. The molecule has 0 unspecified atom stereocenters. The van der Waals surface area contributed by atoms with Gasteiger partial charge in [0.2, 0.25) is 0 Å². The molecule has 0 aliphatic rings. The molecule has 0 bridgehead atoms. The van der Waals surface area contributed by atoms with Crippen molar-refractivity contribution in [2.24, 2.45) is 0 Å². The molecular formula is C15H21ClN4. The van der Waals surface area contributed by atoms with Crippen LogP contribution in [0.5, 0.6) is 0 Å². The van der Waals surface area contributed by atoms with Gasteiger partial charge in [-0.1, -0.05) is 38.3 Å². The minimum atomic E-state index is 0.464. The van der Waals surface area contributed by atoms with Gasteiger partial charge >= 0.3 is 0 Å². The van der Waals surface area contributed by atoms with E-state index in [1.54, 1.807) is 11.0 Å². The standard InChI is InChI=1S/C15H21ClN4/c1-3-5-13(6-4-2)19-14-9-12(16)7-8-15(14)20-11-17-10-18-20/h7-11,13,19H,3-6H2,1-2H3. The van der Waals surface area contributed by atoms with Crippen LogP contribution >= 0.6 is 11.6 Å². The van der Waals surface area contributed by atoms with Gasteiger partial charge in [0.25, 0.3) is 0 Å². The summed E-state index contributed by atoms with van der Waals surface area (Å²) >= 11 is 6.13. The predicted molar refractivity (Wildman–Crippen MR) is 83.6 cm³/mol. The second kappa shape index (κ2) is 7.29. The third-order valence-corrected chi connectivity index (χ3v) is 3.49. The second-order valence-corrected chi connectivity index (χ2v) is 5.36. The Bertz CT molecular complexity index is 519. The fourth-order valence-electron chi connectivity index (χ4n) is 2.36. The molecule has 1 heterocycles. The molecule has 1 aromatic carbocycles. The number of nitrogens with one attached hydrogen (secondary N) is 1. The lowest BCUT2D eigenvalue weighted by atomic mass is 10.1.